The molecule has 8 bridgehead atoms. The summed E-state index contributed by atoms with van der Waals surface area (Å²) in [5.41, 5.74) is 15.4. The summed E-state index contributed by atoms with van der Waals surface area (Å²) in [6, 6.07) is 62.4. The van der Waals surface area contributed by atoms with E-state index in [9.17, 15) is 0 Å². The van der Waals surface area contributed by atoms with Crippen LogP contribution >= 0.6 is 0 Å². The van der Waals surface area contributed by atoms with Crippen molar-refractivity contribution in [2.75, 3.05) is 0 Å². The maximum atomic E-state index is 5.08. The van der Waals surface area contributed by atoms with Gasteiger partial charge in [0.15, 0.2) is 17.5 Å². The van der Waals surface area contributed by atoms with Crippen molar-refractivity contribution in [3.63, 3.8) is 0 Å². The second-order valence-electron chi connectivity index (χ2n) is 19.9. The molecule has 7 aromatic carbocycles. The third-order valence-corrected chi connectivity index (χ3v) is 17.4. The Hall–Kier alpha value is -6.65. The predicted molar refractivity (Wildman–Crippen MR) is 253 cm³/mol. The van der Waals surface area contributed by atoms with Crippen LogP contribution in [0.3, 0.4) is 0 Å². The molecule has 0 saturated heterocycles. The zero-order valence-electron chi connectivity index (χ0n) is 35.1. The molecule has 2 aromatic heterocycles. The van der Waals surface area contributed by atoms with Crippen molar-refractivity contribution >= 4 is 21.8 Å². The van der Waals surface area contributed by atoms with Crippen LogP contribution in [0.25, 0.3) is 83.9 Å². The number of rotatable bonds is 5. The Labute approximate surface area is 367 Å². The smallest absolute Gasteiger partial charge is 0.164 e. The van der Waals surface area contributed by atoms with E-state index in [1.54, 1.807) is 11.1 Å². The van der Waals surface area contributed by atoms with Gasteiger partial charge in [-0.15, -0.1) is 0 Å². The van der Waals surface area contributed by atoms with Crippen molar-refractivity contribution < 1.29 is 0 Å². The normalized spacial score (nSPS) is 27.7. The molecule has 8 aliphatic carbocycles. The quantitative estimate of drug-likeness (QED) is 0.174. The average molecular weight is 811 g/mol. The second kappa shape index (κ2) is 12.7. The van der Waals surface area contributed by atoms with E-state index >= 15 is 0 Å². The summed E-state index contributed by atoms with van der Waals surface area (Å²) in [5, 5.41) is 2.62. The number of para-hydroxylation sites is 1. The van der Waals surface area contributed by atoms with E-state index < -0.39 is 0 Å². The van der Waals surface area contributed by atoms with Gasteiger partial charge in [0.25, 0.3) is 0 Å². The number of aromatic nitrogens is 4. The largest absolute Gasteiger partial charge is 0.309 e. The van der Waals surface area contributed by atoms with Crippen LogP contribution in [-0.2, 0) is 5.41 Å². The lowest BCUT2D eigenvalue weighted by Gasteiger charge is -2.75. The van der Waals surface area contributed by atoms with Gasteiger partial charge in [-0.3, -0.25) is 0 Å². The first-order valence-corrected chi connectivity index (χ1v) is 23.4. The van der Waals surface area contributed by atoms with Crippen LogP contribution in [0.15, 0.2) is 170 Å². The molecule has 17 rings (SSSR count). The van der Waals surface area contributed by atoms with Crippen LogP contribution < -0.4 is 0 Å². The van der Waals surface area contributed by atoms with E-state index in [2.05, 4.69) is 138 Å². The number of fused-ring (bicyclic) bond motifs is 6. The second-order valence-corrected chi connectivity index (χ2v) is 19.9. The molecule has 63 heavy (non-hydrogen) atoms. The zero-order chi connectivity index (χ0) is 41.0. The molecular weight excluding hydrogens is 765 g/mol. The minimum absolute atomic E-state index is 0.120. The Balaban J connectivity index is 0.918. The molecule has 0 amide bonds. The van der Waals surface area contributed by atoms with Gasteiger partial charge in [0.2, 0.25) is 0 Å². The number of hydrogen-bond acceptors (Lipinski definition) is 3. The minimum Gasteiger partial charge on any atom is -0.309 e. The Morgan fingerprint density at radius 1 is 0.397 bits per heavy atom. The van der Waals surface area contributed by atoms with Gasteiger partial charge in [-0.2, -0.15) is 0 Å². The Morgan fingerprint density at radius 3 is 1.67 bits per heavy atom. The van der Waals surface area contributed by atoms with E-state index in [0.29, 0.717) is 17.5 Å². The molecule has 9 aromatic rings. The summed E-state index contributed by atoms with van der Waals surface area (Å²) in [6.07, 6.45) is 7.36. The van der Waals surface area contributed by atoms with Crippen molar-refractivity contribution in [1.29, 1.82) is 0 Å². The fraction of sp³-hybridized carbons (Fsp3) is 0.237. The first-order valence-electron chi connectivity index (χ1n) is 23.4. The van der Waals surface area contributed by atoms with Crippen LogP contribution in [0.2, 0.25) is 0 Å². The molecule has 1 spiro atoms. The fourth-order valence-electron chi connectivity index (χ4n) is 15.5. The van der Waals surface area contributed by atoms with Crippen LogP contribution in [0, 0.1) is 47.3 Å². The molecule has 4 nitrogen and oxygen atoms in total. The third kappa shape index (κ3) is 4.69. The van der Waals surface area contributed by atoms with E-state index in [1.165, 1.54) is 76.3 Å². The molecule has 7 saturated carbocycles. The van der Waals surface area contributed by atoms with Crippen LogP contribution in [0.5, 0.6) is 0 Å². The Kier molecular flexibility index (Phi) is 7.05. The predicted octanol–water partition coefficient (Wildman–Crippen LogP) is 13.9. The van der Waals surface area contributed by atoms with Crippen molar-refractivity contribution in [3.05, 3.63) is 181 Å². The third-order valence-electron chi connectivity index (χ3n) is 17.4. The molecule has 7 fully saturated rings. The van der Waals surface area contributed by atoms with Crippen molar-refractivity contribution in [2.24, 2.45) is 47.3 Å². The van der Waals surface area contributed by atoms with Gasteiger partial charge < -0.3 is 4.57 Å². The van der Waals surface area contributed by atoms with E-state index in [0.717, 1.165) is 69.6 Å². The lowest BCUT2D eigenvalue weighted by atomic mass is 9.29. The molecule has 2 heterocycles. The summed E-state index contributed by atoms with van der Waals surface area (Å²) < 4.78 is 2.56. The zero-order valence-corrected chi connectivity index (χ0v) is 35.1. The van der Waals surface area contributed by atoms with Gasteiger partial charge in [-0.25, -0.2) is 15.0 Å². The average Bonchev–Trinajstić information content (AvgIpc) is 3.82. The topological polar surface area (TPSA) is 43.6 Å². The maximum Gasteiger partial charge on any atom is 0.164 e. The van der Waals surface area contributed by atoms with Crippen molar-refractivity contribution in [1.82, 2.24) is 19.5 Å². The summed E-state index contributed by atoms with van der Waals surface area (Å²) in [6.45, 7) is 0. The highest BCUT2D eigenvalue weighted by molar-refractivity contribution is 6.13. The van der Waals surface area contributed by atoms with Gasteiger partial charge in [-0.05, 0) is 155 Å². The first kappa shape index (κ1) is 34.9. The van der Waals surface area contributed by atoms with Gasteiger partial charge in [0.1, 0.15) is 0 Å². The maximum absolute atomic E-state index is 5.08. The monoisotopic (exact) mass is 810 g/mol. The SMILES string of the molecule is c1ccc(-c2nc(-c3ccccc3)nc(-c3cccc(-c4ccc5c(c4)c4cc6c(cc4n5-c4ccccc4)C4(c5ccccc5-6)C5CC6C7CC8CC6C4C(C8)C7C5)c3)n2)cc1. The van der Waals surface area contributed by atoms with Crippen LogP contribution in [-0.4, -0.2) is 19.5 Å². The summed E-state index contributed by atoms with van der Waals surface area (Å²) in [5.74, 6) is 9.22. The molecule has 8 aliphatic rings. The number of nitrogens with zero attached hydrogens (tertiary/aromatic N) is 4. The van der Waals surface area contributed by atoms with Gasteiger partial charge in [0.05, 0.1) is 11.0 Å². The lowest BCUT2D eigenvalue weighted by Crippen LogP contribution is -2.70. The highest BCUT2D eigenvalue weighted by atomic mass is 15.0. The molecule has 5 unspecified atom stereocenters. The summed E-state index contributed by atoms with van der Waals surface area (Å²) in [7, 11) is 0. The van der Waals surface area contributed by atoms with Crippen LogP contribution in [0.1, 0.15) is 43.2 Å². The van der Waals surface area contributed by atoms with Gasteiger partial charge in [-0.1, -0.05) is 127 Å². The first-order chi connectivity index (χ1) is 31.2. The molecule has 4 heteroatoms. The Morgan fingerprint density at radius 2 is 0.952 bits per heavy atom. The highest BCUT2D eigenvalue weighted by Crippen LogP contribution is 2.79. The van der Waals surface area contributed by atoms with E-state index in [-0.39, 0.29) is 5.41 Å². The lowest BCUT2D eigenvalue weighted by molar-refractivity contribution is -0.231. The van der Waals surface area contributed by atoms with Crippen molar-refractivity contribution in [2.45, 2.75) is 37.5 Å². The van der Waals surface area contributed by atoms with E-state index in [4.69, 9.17) is 15.0 Å². The molecule has 0 N–H and O–H groups in total. The molecule has 302 valence electrons. The number of hydrogen-bond donors (Lipinski definition) is 0. The molecule has 0 radical (unpaired) electrons. The summed E-state index contributed by atoms with van der Waals surface area (Å²) >= 11 is 0. The van der Waals surface area contributed by atoms with Gasteiger partial charge >= 0.3 is 0 Å². The highest BCUT2D eigenvalue weighted by Gasteiger charge is 2.73. The molecule has 5 atom stereocenters. The van der Waals surface area contributed by atoms with Crippen LogP contribution in [0.4, 0.5) is 0 Å². The number of benzene rings is 7. The molecular formula is C59H46N4. The fourth-order valence-corrected chi connectivity index (χ4v) is 15.5. The van der Waals surface area contributed by atoms with Gasteiger partial charge in [0, 0.05) is 38.6 Å². The standard InChI is InChI=1S/C59H46N4/c1-4-13-35(14-5-1)56-60-57(36-15-6-2-7-16-36)62-58(61-56)39-18-12-17-37(28-39)38-23-24-53-47(29-38)48-32-46-42-21-10-11-22-51(42)59(52(46)33-54(48)63(53)41-19-8-3-9-20-41)40-30-44-43-25-34-26-49(44)55(59)50(27-34)45(43)31-40/h1-24,28-29,32-34,40,43-45,49-50,55H,25-27,30-31H2. The Bertz CT molecular complexity index is 3250. The van der Waals surface area contributed by atoms with E-state index in [1.807, 2.05) is 36.4 Å². The summed E-state index contributed by atoms with van der Waals surface area (Å²) in [4.78, 5) is 15.1. The van der Waals surface area contributed by atoms with Crippen molar-refractivity contribution in [3.8, 4) is 62.1 Å². The minimum atomic E-state index is 0.120. The molecule has 0 aliphatic heterocycles.